The van der Waals surface area contributed by atoms with Crippen LogP contribution in [0.2, 0.25) is 19.6 Å². The molecule has 1 aromatic carbocycles. The van der Waals surface area contributed by atoms with Gasteiger partial charge in [0, 0.05) is 12.4 Å². The van der Waals surface area contributed by atoms with E-state index in [2.05, 4.69) is 55.7 Å². The van der Waals surface area contributed by atoms with Gasteiger partial charge in [0.05, 0.1) is 12.2 Å². The van der Waals surface area contributed by atoms with Gasteiger partial charge in [0.2, 0.25) is 8.32 Å². The molecule has 0 saturated heterocycles. The summed E-state index contributed by atoms with van der Waals surface area (Å²) in [5.41, 5.74) is 4.33. The third-order valence-corrected chi connectivity index (χ3v) is 4.05. The van der Waals surface area contributed by atoms with E-state index in [0.29, 0.717) is 6.54 Å². The molecule has 0 atom stereocenters. The van der Waals surface area contributed by atoms with Crippen LogP contribution in [-0.2, 0) is 6.54 Å². The van der Waals surface area contributed by atoms with Crippen LogP contribution in [0.3, 0.4) is 0 Å². The zero-order valence-electron chi connectivity index (χ0n) is 14.3. The van der Waals surface area contributed by atoms with Crippen molar-refractivity contribution >= 4 is 20.2 Å². The van der Waals surface area contributed by atoms with Crippen LogP contribution in [0.5, 0.6) is 5.75 Å². The molecule has 5 heteroatoms. The van der Waals surface area contributed by atoms with E-state index in [0.717, 1.165) is 17.1 Å². The molecular weight excluding hydrogens is 290 g/mol. The Morgan fingerprint density at radius 2 is 1.95 bits per heavy atom. The molecule has 22 heavy (non-hydrogen) atoms. The van der Waals surface area contributed by atoms with Gasteiger partial charge in [-0.25, -0.2) is 0 Å². The lowest BCUT2D eigenvalue weighted by atomic mass is 10.2. The van der Waals surface area contributed by atoms with E-state index >= 15 is 0 Å². The maximum Gasteiger partial charge on any atom is 0.242 e. The lowest BCUT2D eigenvalue weighted by Gasteiger charge is -2.20. The number of benzene rings is 1. The Bertz CT molecular complexity index is 664. The van der Waals surface area contributed by atoms with Crippen LogP contribution in [0.25, 0.3) is 0 Å². The Labute approximate surface area is 134 Å². The third-order valence-electron chi connectivity index (χ3n) is 3.22. The second-order valence-electron chi connectivity index (χ2n) is 6.62. The van der Waals surface area contributed by atoms with E-state index in [1.54, 1.807) is 0 Å². The molecule has 0 bridgehead atoms. The van der Waals surface area contributed by atoms with Crippen molar-refractivity contribution < 1.29 is 4.43 Å². The zero-order valence-corrected chi connectivity index (χ0v) is 15.3. The summed E-state index contributed by atoms with van der Waals surface area (Å²) < 4.78 is 8.05. The molecule has 0 saturated carbocycles. The Balaban J connectivity index is 2.16. The highest BCUT2D eigenvalue weighted by Gasteiger charge is 2.18. The van der Waals surface area contributed by atoms with Crippen LogP contribution in [-0.4, -0.2) is 24.3 Å². The number of hydrogen-bond acceptors (Lipinski definition) is 3. The highest BCUT2D eigenvalue weighted by atomic mass is 28.4. The molecule has 0 fully saturated rings. The summed E-state index contributed by atoms with van der Waals surface area (Å²) in [6.45, 7) is 13.3. The second kappa shape index (κ2) is 6.48. The van der Waals surface area contributed by atoms with Crippen LogP contribution < -0.4 is 4.43 Å². The molecule has 0 spiro atoms. The first kappa shape index (κ1) is 16.5. The van der Waals surface area contributed by atoms with Crippen molar-refractivity contribution in [1.82, 2.24) is 9.78 Å². The molecule has 118 valence electrons. The number of aliphatic imine (C=N–C) groups is 1. The van der Waals surface area contributed by atoms with Gasteiger partial charge in [-0.05, 0) is 63.7 Å². The molecular formula is C17H25N3OSi. The lowest BCUT2D eigenvalue weighted by molar-refractivity contribution is 0.558. The largest absolute Gasteiger partial charge is 0.543 e. The van der Waals surface area contributed by atoms with Gasteiger partial charge >= 0.3 is 0 Å². The second-order valence-corrected chi connectivity index (χ2v) is 11.0. The van der Waals surface area contributed by atoms with Crippen LogP contribution in [0.1, 0.15) is 16.8 Å². The predicted molar refractivity (Wildman–Crippen MR) is 95.0 cm³/mol. The van der Waals surface area contributed by atoms with E-state index in [1.165, 1.54) is 11.1 Å². The molecule has 2 rings (SSSR count). The normalized spacial score (nSPS) is 12.1. The van der Waals surface area contributed by atoms with Crippen molar-refractivity contribution in [1.29, 1.82) is 0 Å². The van der Waals surface area contributed by atoms with E-state index < -0.39 is 8.32 Å². The molecule has 0 aliphatic carbocycles. The van der Waals surface area contributed by atoms with E-state index in [9.17, 15) is 0 Å². The summed E-state index contributed by atoms with van der Waals surface area (Å²) in [6, 6.07) is 6.14. The standard InChI is InChI=1S/C17H25N3OSi/c1-13-7-8-16(17(11-13)21-22(4,5)6)18-9-10-20-12-14(2)15(3)19-20/h7-9,11-12H,10H2,1-6H3. The monoisotopic (exact) mass is 315 g/mol. The van der Waals surface area contributed by atoms with Gasteiger partial charge in [-0.2, -0.15) is 5.10 Å². The van der Waals surface area contributed by atoms with Crippen molar-refractivity contribution in [3.05, 3.63) is 41.2 Å². The van der Waals surface area contributed by atoms with Gasteiger partial charge in [-0.15, -0.1) is 0 Å². The van der Waals surface area contributed by atoms with E-state index in [4.69, 9.17) is 4.43 Å². The van der Waals surface area contributed by atoms with Gasteiger partial charge in [0.1, 0.15) is 11.4 Å². The van der Waals surface area contributed by atoms with Crippen molar-refractivity contribution in [2.24, 2.45) is 4.99 Å². The minimum Gasteiger partial charge on any atom is -0.543 e. The van der Waals surface area contributed by atoms with E-state index in [-0.39, 0.29) is 0 Å². The maximum absolute atomic E-state index is 6.14. The molecule has 0 unspecified atom stereocenters. The van der Waals surface area contributed by atoms with Gasteiger partial charge in [0.15, 0.2) is 0 Å². The number of hydrogen-bond donors (Lipinski definition) is 0. The number of rotatable bonds is 5. The van der Waals surface area contributed by atoms with Crippen LogP contribution in [0.4, 0.5) is 5.69 Å². The summed E-state index contributed by atoms with van der Waals surface area (Å²) >= 11 is 0. The van der Waals surface area contributed by atoms with Crippen molar-refractivity contribution in [2.45, 2.75) is 47.0 Å². The SMILES string of the molecule is Cc1ccc(N=CCn2cc(C)c(C)n2)c(O[Si](C)(C)C)c1. The minimum atomic E-state index is -1.65. The Morgan fingerprint density at radius 1 is 1.23 bits per heavy atom. The van der Waals surface area contributed by atoms with Gasteiger partial charge < -0.3 is 4.43 Å². The molecule has 0 aliphatic rings. The number of aryl methyl sites for hydroxylation is 3. The first-order chi connectivity index (χ1) is 10.2. The molecule has 0 radical (unpaired) electrons. The quantitative estimate of drug-likeness (QED) is 0.605. The van der Waals surface area contributed by atoms with Gasteiger partial charge in [0.25, 0.3) is 0 Å². The van der Waals surface area contributed by atoms with Crippen molar-refractivity contribution in [3.63, 3.8) is 0 Å². The zero-order chi connectivity index (χ0) is 16.3. The molecule has 4 nitrogen and oxygen atoms in total. The Kier molecular flexibility index (Phi) is 4.86. The smallest absolute Gasteiger partial charge is 0.242 e. The van der Waals surface area contributed by atoms with Crippen LogP contribution >= 0.6 is 0 Å². The highest BCUT2D eigenvalue weighted by Crippen LogP contribution is 2.30. The summed E-state index contributed by atoms with van der Waals surface area (Å²) in [5.74, 6) is 0.878. The van der Waals surface area contributed by atoms with Crippen LogP contribution in [0, 0.1) is 20.8 Å². The molecule has 0 N–H and O–H groups in total. The summed E-state index contributed by atoms with van der Waals surface area (Å²) in [7, 11) is -1.65. The average Bonchev–Trinajstić information content (AvgIpc) is 2.69. The topological polar surface area (TPSA) is 39.4 Å². The van der Waals surface area contributed by atoms with Crippen molar-refractivity contribution in [2.75, 3.05) is 0 Å². The molecule has 2 aromatic rings. The molecule has 1 aromatic heterocycles. The minimum absolute atomic E-state index is 0.662. The fourth-order valence-corrected chi connectivity index (χ4v) is 2.90. The molecule has 0 amide bonds. The predicted octanol–water partition coefficient (Wildman–Crippen LogP) is 4.42. The fraction of sp³-hybridized carbons (Fsp3) is 0.412. The molecule has 0 aliphatic heterocycles. The highest BCUT2D eigenvalue weighted by molar-refractivity contribution is 6.70. The number of nitrogens with zero attached hydrogens (tertiary/aromatic N) is 3. The summed E-state index contributed by atoms with van der Waals surface area (Å²) in [4.78, 5) is 4.58. The van der Waals surface area contributed by atoms with Crippen LogP contribution in [0.15, 0.2) is 29.4 Å². The first-order valence-electron chi connectivity index (χ1n) is 7.57. The maximum atomic E-state index is 6.14. The van der Waals surface area contributed by atoms with E-state index in [1.807, 2.05) is 30.1 Å². The molecule has 1 heterocycles. The first-order valence-corrected chi connectivity index (χ1v) is 11.0. The Morgan fingerprint density at radius 3 is 2.55 bits per heavy atom. The fourth-order valence-electron chi connectivity index (χ4n) is 2.07. The van der Waals surface area contributed by atoms with Crippen molar-refractivity contribution in [3.8, 4) is 5.75 Å². The third kappa shape index (κ3) is 4.56. The summed E-state index contributed by atoms with van der Waals surface area (Å²) in [6.07, 6.45) is 3.92. The lowest BCUT2D eigenvalue weighted by Crippen LogP contribution is -2.29. The summed E-state index contributed by atoms with van der Waals surface area (Å²) in [5, 5.41) is 4.44. The Hall–Kier alpha value is -1.88. The van der Waals surface area contributed by atoms with Gasteiger partial charge in [-0.1, -0.05) is 6.07 Å². The van der Waals surface area contributed by atoms with Gasteiger partial charge in [-0.3, -0.25) is 9.67 Å². The average molecular weight is 315 g/mol. The number of aromatic nitrogens is 2.